The van der Waals surface area contributed by atoms with Crippen LogP contribution in [0.15, 0.2) is 12.3 Å². The molecule has 84 valence electrons. The lowest BCUT2D eigenvalue weighted by Gasteiger charge is -2.05. The van der Waals surface area contributed by atoms with E-state index < -0.39 is 0 Å². The Morgan fingerprint density at radius 2 is 2.33 bits per heavy atom. The summed E-state index contributed by atoms with van der Waals surface area (Å²) >= 11 is 0. The highest BCUT2D eigenvalue weighted by atomic mass is 16.5. The molecule has 0 aliphatic heterocycles. The minimum atomic E-state index is 0.0745. The van der Waals surface area contributed by atoms with Crippen molar-refractivity contribution >= 4 is 0 Å². The lowest BCUT2D eigenvalue weighted by molar-refractivity contribution is 0.0937. The molecule has 1 aromatic heterocycles. The zero-order valence-corrected chi connectivity index (χ0v) is 8.94. The summed E-state index contributed by atoms with van der Waals surface area (Å²) in [4.78, 5) is 8.27. The summed E-state index contributed by atoms with van der Waals surface area (Å²) in [5.74, 6) is 0.783. The number of aliphatic hydroxyl groups excluding tert-OH is 1. The van der Waals surface area contributed by atoms with E-state index >= 15 is 0 Å². The molecule has 2 N–H and O–H groups in total. The zero-order valence-electron chi connectivity index (χ0n) is 8.94. The first-order valence-corrected chi connectivity index (χ1v) is 5.01. The highest BCUT2D eigenvalue weighted by Crippen LogP contribution is 1.93. The molecule has 0 radical (unpaired) electrons. The van der Waals surface area contributed by atoms with Crippen molar-refractivity contribution in [3.05, 3.63) is 23.8 Å². The van der Waals surface area contributed by atoms with E-state index in [1.807, 2.05) is 13.0 Å². The fraction of sp³-hybridized carbons (Fsp3) is 0.600. The number of hydrogen-bond donors (Lipinski definition) is 2. The standard InChI is InChI=1S/C10H17N3O2/c1-9-12-3-2-10(13-9)8-11-4-6-15-7-5-14/h2-3,11,14H,4-8H2,1H3. The van der Waals surface area contributed by atoms with Gasteiger partial charge in [0.1, 0.15) is 5.82 Å². The van der Waals surface area contributed by atoms with Crippen molar-refractivity contribution in [1.29, 1.82) is 0 Å². The number of aliphatic hydroxyl groups is 1. The fourth-order valence-corrected chi connectivity index (χ4v) is 1.13. The minimum absolute atomic E-state index is 0.0745. The molecule has 1 rings (SSSR count). The molecular weight excluding hydrogens is 194 g/mol. The van der Waals surface area contributed by atoms with Crippen LogP contribution >= 0.6 is 0 Å². The van der Waals surface area contributed by atoms with Gasteiger partial charge >= 0.3 is 0 Å². The summed E-state index contributed by atoms with van der Waals surface area (Å²) < 4.78 is 5.10. The van der Waals surface area contributed by atoms with Crippen molar-refractivity contribution in [2.75, 3.05) is 26.4 Å². The molecule has 1 heterocycles. The van der Waals surface area contributed by atoms with Gasteiger partial charge in [0.15, 0.2) is 0 Å². The van der Waals surface area contributed by atoms with Gasteiger partial charge in [0.2, 0.25) is 0 Å². The Kier molecular flexibility index (Phi) is 5.84. The molecule has 5 nitrogen and oxygen atoms in total. The van der Waals surface area contributed by atoms with Crippen LogP contribution in [0.5, 0.6) is 0 Å². The zero-order chi connectivity index (χ0) is 10.9. The first-order chi connectivity index (χ1) is 7.33. The van der Waals surface area contributed by atoms with E-state index in [0.717, 1.165) is 18.1 Å². The maximum Gasteiger partial charge on any atom is 0.125 e. The lowest BCUT2D eigenvalue weighted by atomic mass is 10.4. The largest absolute Gasteiger partial charge is 0.394 e. The molecule has 0 amide bonds. The maximum atomic E-state index is 8.47. The third kappa shape index (κ3) is 5.41. The van der Waals surface area contributed by atoms with E-state index in [4.69, 9.17) is 9.84 Å². The highest BCUT2D eigenvalue weighted by molar-refractivity contribution is 5.00. The molecular formula is C10H17N3O2. The van der Waals surface area contributed by atoms with Gasteiger partial charge in [0.05, 0.1) is 25.5 Å². The topological polar surface area (TPSA) is 67.3 Å². The fourth-order valence-electron chi connectivity index (χ4n) is 1.13. The van der Waals surface area contributed by atoms with Gasteiger partial charge in [-0.2, -0.15) is 0 Å². The van der Waals surface area contributed by atoms with Crippen molar-refractivity contribution in [3.63, 3.8) is 0 Å². The normalized spacial score (nSPS) is 10.5. The molecule has 5 heteroatoms. The first kappa shape index (κ1) is 12.0. The van der Waals surface area contributed by atoms with E-state index in [2.05, 4.69) is 15.3 Å². The molecule has 0 bridgehead atoms. The van der Waals surface area contributed by atoms with Crippen LogP contribution in [0.4, 0.5) is 0 Å². The predicted molar refractivity (Wildman–Crippen MR) is 56.4 cm³/mol. The third-order valence-corrected chi connectivity index (χ3v) is 1.80. The summed E-state index contributed by atoms with van der Waals surface area (Å²) in [6.07, 6.45) is 1.75. The van der Waals surface area contributed by atoms with Crippen molar-refractivity contribution in [3.8, 4) is 0 Å². The average Bonchev–Trinajstić information content (AvgIpc) is 2.23. The van der Waals surface area contributed by atoms with Crippen molar-refractivity contribution < 1.29 is 9.84 Å². The van der Waals surface area contributed by atoms with Crippen LogP contribution in [0.3, 0.4) is 0 Å². The molecule has 0 atom stereocenters. The average molecular weight is 211 g/mol. The van der Waals surface area contributed by atoms with Crippen LogP contribution in [0.2, 0.25) is 0 Å². The summed E-state index contributed by atoms with van der Waals surface area (Å²) in [7, 11) is 0. The summed E-state index contributed by atoms with van der Waals surface area (Å²) in [5.41, 5.74) is 0.977. The number of hydrogen-bond acceptors (Lipinski definition) is 5. The molecule has 0 fully saturated rings. The monoisotopic (exact) mass is 211 g/mol. The van der Waals surface area contributed by atoms with Gasteiger partial charge < -0.3 is 15.2 Å². The molecule has 0 aliphatic carbocycles. The van der Waals surface area contributed by atoms with Crippen molar-refractivity contribution in [2.45, 2.75) is 13.5 Å². The summed E-state index contributed by atoms with van der Waals surface area (Å²) in [5, 5.41) is 11.7. The minimum Gasteiger partial charge on any atom is -0.394 e. The molecule has 1 aromatic rings. The van der Waals surface area contributed by atoms with Gasteiger partial charge in [0, 0.05) is 19.3 Å². The Morgan fingerprint density at radius 1 is 1.47 bits per heavy atom. The molecule has 0 aromatic carbocycles. The molecule has 15 heavy (non-hydrogen) atoms. The Morgan fingerprint density at radius 3 is 3.07 bits per heavy atom. The summed E-state index contributed by atoms with van der Waals surface area (Å²) in [6, 6.07) is 1.88. The van der Waals surface area contributed by atoms with E-state index in [1.165, 1.54) is 0 Å². The maximum absolute atomic E-state index is 8.47. The van der Waals surface area contributed by atoms with Gasteiger partial charge in [-0.3, -0.25) is 0 Å². The van der Waals surface area contributed by atoms with E-state index in [9.17, 15) is 0 Å². The third-order valence-electron chi connectivity index (χ3n) is 1.80. The molecule has 0 saturated heterocycles. The number of nitrogens with zero attached hydrogens (tertiary/aromatic N) is 2. The summed E-state index contributed by atoms with van der Waals surface area (Å²) in [6.45, 7) is 4.41. The van der Waals surface area contributed by atoms with Crippen LogP contribution in [0, 0.1) is 6.92 Å². The Balaban J connectivity index is 2.10. The van der Waals surface area contributed by atoms with Crippen LogP contribution in [-0.2, 0) is 11.3 Å². The van der Waals surface area contributed by atoms with E-state index in [0.29, 0.717) is 19.8 Å². The van der Waals surface area contributed by atoms with Gasteiger partial charge in [-0.25, -0.2) is 9.97 Å². The van der Waals surface area contributed by atoms with Crippen LogP contribution in [0.25, 0.3) is 0 Å². The van der Waals surface area contributed by atoms with Crippen molar-refractivity contribution in [1.82, 2.24) is 15.3 Å². The smallest absolute Gasteiger partial charge is 0.125 e. The Labute approximate surface area is 89.5 Å². The van der Waals surface area contributed by atoms with Gasteiger partial charge in [-0.1, -0.05) is 0 Å². The Hall–Kier alpha value is -1.04. The predicted octanol–water partition coefficient (Wildman–Crippen LogP) is -0.116. The Bertz CT molecular complexity index is 281. The number of nitrogens with one attached hydrogen (secondary N) is 1. The SMILES string of the molecule is Cc1nccc(CNCCOCCO)n1. The molecule has 0 aliphatic rings. The molecule has 0 spiro atoms. The quantitative estimate of drug-likeness (QED) is 0.616. The van der Waals surface area contributed by atoms with Gasteiger partial charge in [0.25, 0.3) is 0 Å². The number of aryl methyl sites for hydroxylation is 1. The van der Waals surface area contributed by atoms with E-state index in [-0.39, 0.29) is 6.61 Å². The van der Waals surface area contributed by atoms with Crippen LogP contribution in [0.1, 0.15) is 11.5 Å². The van der Waals surface area contributed by atoms with Gasteiger partial charge in [-0.15, -0.1) is 0 Å². The lowest BCUT2D eigenvalue weighted by Crippen LogP contribution is -2.20. The van der Waals surface area contributed by atoms with Crippen molar-refractivity contribution in [2.24, 2.45) is 0 Å². The number of ether oxygens (including phenoxy) is 1. The number of aromatic nitrogens is 2. The molecule has 0 unspecified atom stereocenters. The highest BCUT2D eigenvalue weighted by Gasteiger charge is 1.94. The number of rotatable bonds is 7. The molecule has 0 saturated carbocycles. The first-order valence-electron chi connectivity index (χ1n) is 5.01. The second kappa shape index (κ2) is 7.28. The second-order valence-corrected chi connectivity index (χ2v) is 3.11. The van der Waals surface area contributed by atoms with Gasteiger partial charge in [-0.05, 0) is 13.0 Å². The van der Waals surface area contributed by atoms with Crippen LogP contribution in [-0.4, -0.2) is 41.4 Å². The van der Waals surface area contributed by atoms with Crippen LogP contribution < -0.4 is 5.32 Å². The van der Waals surface area contributed by atoms with E-state index in [1.54, 1.807) is 6.20 Å². The second-order valence-electron chi connectivity index (χ2n) is 3.11.